The quantitative estimate of drug-likeness (QED) is 0.572. The Morgan fingerprint density at radius 1 is 1.09 bits per heavy atom. The van der Waals surface area contributed by atoms with Gasteiger partial charge < -0.3 is 19.9 Å². The minimum atomic E-state index is -0.688. The van der Waals surface area contributed by atoms with Gasteiger partial charge in [0.05, 0.1) is 13.0 Å². The van der Waals surface area contributed by atoms with Crippen LogP contribution in [0.5, 0.6) is 11.5 Å². The summed E-state index contributed by atoms with van der Waals surface area (Å²) in [6, 6.07) is 6.18. The van der Waals surface area contributed by atoms with Gasteiger partial charge in [0, 0.05) is 19.0 Å². The summed E-state index contributed by atoms with van der Waals surface area (Å²) in [5.41, 5.74) is 1.05. The number of aryl methyl sites for hydroxylation is 1. The number of nitrogens with zero attached hydrogens (tertiary/aromatic N) is 1. The van der Waals surface area contributed by atoms with Gasteiger partial charge in [0.2, 0.25) is 5.91 Å². The van der Waals surface area contributed by atoms with Crippen LogP contribution in [0, 0.1) is 11.8 Å². The normalized spacial score (nSPS) is 22.3. The molecular formula is C25H38N2O5. The first kappa shape index (κ1) is 24.4. The minimum Gasteiger partial charge on any atom is -0.493 e. The van der Waals surface area contributed by atoms with Crippen LogP contribution in [-0.4, -0.2) is 61.3 Å². The van der Waals surface area contributed by atoms with E-state index in [9.17, 15) is 9.59 Å². The van der Waals surface area contributed by atoms with Crippen molar-refractivity contribution in [1.29, 1.82) is 0 Å². The second-order valence-electron chi connectivity index (χ2n) is 9.31. The third-order valence-electron chi connectivity index (χ3n) is 6.85. The fourth-order valence-electron chi connectivity index (χ4n) is 4.64. The Morgan fingerprint density at radius 2 is 1.81 bits per heavy atom. The zero-order valence-electron chi connectivity index (χ0n) is 19.5. The lowest BCUT2D eigenvalue weighted by Gasteiger charge is -2.29. The van der Waals surface area contributed by atoms with Crippen LogP contribution in [0.2, 0.25) is 0 Å². The van der Waals surface area contributed by atoms with Crippen molar-refractivity contribution in [2.75, 3.05) is 33.4 Å². The van der Waals surface area contributed by atoms with Crippen LogP contribution < -0.4 is 14.8 Å². The molecule has 1 saturated carbocycles. The number of hydrogen-bond acceptors (Lipinski definition) is 5. The van der Waals surface area contributed by atoms with Crippen LogP contribution in [-0.2, 0) is 16.0 Å². The molecule has 0 radical (unpaired) electrons. The van der Waals surface area contributed by atoms with E-state index in [1.165, 1.54) is 12.8 Å². The molecular weight excluding hydrogens is 408 g/mol. The molecule has 1 heterocycles. The minimum absolute atomic E-state index is 0.121. The molecule has 0 bridgehead atoms. The number of rotatable bonds is 10. The van der Waals surface area contributed by atoms with Crippen LogP contribution in [0.4, 0.5) is 0 Å². The number of nitrogens with one attached hydrogen (secondary N) is 1. The van der Waals surface area contributed by atoms with E-state index in [0.29, 0.717) is 49.8 Å². The number of amides is 1. The maximum Gasteiger partial charge on any atom is 0.306 e. The van der Waals surface area contributed by atoms with Gasteiger partial charge in [0.1, 0.15) is 6.61 Å². The summed E-state index contributed by atoms with van der Waals surface area (Å²) in [6.07, 6.45) is 7.11. The molecule has 0 aromatic heterocycles. The molecule has 2 aliphatic rings. The molecule has 32 heavy (non-hydrogen) atoms. The topological polar surface area (TPSA) is 88.1 Å². The number of carbonyl (C=O) groups excluding carboxylic acids is 1. The fraction of sp³-hybridized carbons (Fsp3) is 0.680. The van der Waals surface area contributed by atoms with E-state index in [-0.39, 0.29) is 11.8 Å². The SMILES string of the molecule is COc1cc(CCC(=O)NC2CCC(C)CC2)ccc1OCCN1CCC(C(=O)O)CC1. The molecule has 0 spiro atoms. The third kappa shape index (κ3) is 7.40. The van der Waals surface area contributed by atoms with Crippen molar-refractivity contribution in [1.82, 2.24) is 10.2 Å². The Balaban J connectivity index is 1.40. The Hall–Kier alpha value is -2.28. The first-order valence-corrected chi connectivity index (χ1v) is 12.0. The Morgan fingerprint density at radius 3 is 2.47 bits per heavy atom. The molecule has 1 aromatic carbocycles. The van der Waals surface area contributed by atoms with Gasteiger partial charge in [-0.3, -0.25) is 14.5 Å². The number of carbonyl (C=O) groups is 2. The lowest BCUT2D eigenvalue weighted by atomic mass is 9.87. The van der Waals surface area contributed by atoms with Gasteiger partial charge >= 0.3 is 5.97 Å². The average Bonchev–Trinajstić information content (AvgIpc) is 2.80. The van der Waals surface area contributed by atoms with Gasteiger partial charge in [-0.25, -0.2) is 0 Å². The van der Waals surface area contributed by atoms with Gasteiger partial charge in [-0.1, -0.05) is 13.0 Å². The van der Waals surface area contributed by atoms with Gasteiger partial charge in [-0.2, -0.15) is 0 Å². The van der Waals surface area contributed by atoms with Crippen LogP contribution in [0.1, 0.15) is 57.4 Å². The van der Waals surface area contributed by atoms with Gasteiger partial charge in [0.15, 0.2) is 11.5 Å². The monoisotopic (exact) mass is 446 g/mol. The molecule has 7 heteroatoms. The largest absolute Gasteiger partial charge is 0.493 e. The molecule has 0 unspecified atom stereocenters. The Kier molecular flexibility index (Phi) is 9.21. The van der Waals surface area contributed by atoms with Gasteiger partial charge in [-0.15, -0.1) is 0 Å². The van der Waals surface area contributed by atoms with Crippen LogP contribution >= 0.6 is 0 Å². The standard InChI is InChI=1S/C25H38N2O5/c1-18-3-7-21(8-4-18)26-24(28)10-6-19-5-9-22(23(17-19)31-2)32-16-15-27-13-11-20(12-14-27)25(29)30/h5,9,17-18,20-21H,3-4,6-8,10-16H2,1-2H3,(H,26,28)(H,29,30). The van der Waals surface area contributed by atoms with E-state index in [2.05, 4.69) is 17.1 Å². The van der Waals surface area contributed by atoms with Crippen molar-refractivity contribution in [2.45, 2.75) is 64.3 Å². The number of carboxylic acid groups (broad SMARTS) is 1. The summed E-state index contributed by atoms with van der Waals surface area (Å²) in [5, 5.41) is 12.3. The second-order valence-corrected chi connectivity index (χ2v) is 9.31. The van der Waals surface area contributed by atoms with Crippen molar-refractivity contribution < 1.29 is 24.2 Å². The molecule has 1 saturated heterocycles. The predicted molar refractivity (Wildman–Crippen MR) is 123 cm³/mol. The zero-order valence-corrected chi connectivity index (χ0v) is 19.5. The Bertz CT molecular complexity index is 753. The van der Waals surface area contributed by atoms with Crippen LogP contribution in [0.15, 0.2) is 18.2 Å². The highest BCUT2D eigenvalue weighted by Crippen LogP contribution is 2.29. The van der Waals surface area contributed by atoms with Crippen LogP contribution in [0.25, 0.3) is 0 Å². The molecule has 178 valence electrons. The molecule has 7 nitrogen and oxygen atoms in total. The van der Waals surface area contributed by atoms with E-state index in [0.717, 1.165) is 44.0 Å². The van der Waals surface area contributed by atoms with E-state index < -0.39 is 5.97 Å². The molecule has 0 atom stereocenters. The highest BCUT2D eigenvalue weighted by molar-refractivity contribution is 5.76. The highest BCUT2D eigenvalue weighted by atomic mass is 16.5. The molecule has 1 amide bonds. The van der Waals surface area contributed by atoms with Crippen molar-refractivity contribution in [3.63, 3.8) is 0 Å². The second kappa shape index (κ2) is 12.1. The van der Waals surface area contributed by atoms with E-state index in [1.807, 2.05) is 18.2 Å². The molecule has 2 N–H and O–H groups in total. The predicted octanol–water partition coefficient (Wildman–Crippen LogP) is 3.50. The van der Waals surface area contributed by atoms with Crippen molar-refractivity contribution >= 4 is 11.9 Å². The molecule has 1 aliphatic carbocycles. The number of ether oxygens (including phenoxy) is 2. The van der Waals surface area contributed by atoms with E-state index in [1.54, 1.807) is 7.11 Å². The summed E-state index contributed by atoms with van der Waals surface area (Å²) >= 11 is 0. The lowest BCUT2D eigenvalue weighted by molar-refractivity contribution is -0.143. The summed E-state index contributed by atoms with van der Waals surface area (Å²) in [5.74, 6) is 1.36. The number of piperidine rings is 1. The van der Waals surface area contributed by atoms with Gasteiger partial charge in [0.25, 0.3) is 0 Å². The summed E-state index contributed by atoms with van der Waals surface area (Å²) in [4.78, 5) is 25.6. The maximum atomic E-state index is 12.3. The number of hydrogen-bond donors (Lipinski definition) is 2. The van der Waals surface area contributed by atoms with E-state index in [4.69, 9.17) is 14.6 Å². The molecule has 2 fully saturated rings. The third-order valence-corrected chi connectivity index (χ3v) is 6.85. The lowest BCUT2D eigenvalue weighted by Crippen LogP contribution is -2.38. The smallest absolute Gasteiger partial charge is 0.306 e. The van der Waals surface area contributed by atoms with Crippen molar-refractivity contribution in [3.8, 4) is 11.5 Å². The van der Waals surface area contributed by atoms with Gasteiger partial charge in [-0.05, 0) is 81.6 Å². The summed E-state index contributed by atoms with van der Waals surface area (Å²) < 4.78 is 11.4. The zero-order chi connectivity index (χ0) is 22.9. The first-order valence-electron chi connectivity index (χ1n) is 12.0. The number of likely N-dealkylation sites (tertiary alicyclic amines) is 1. The van der Waals surface area contributed by atoms with Crippen molar-refractivity contribution in [2.24, 2.45) is 11.8 Å². The average molecular weight is 447 g/mol. The number of benzene rings is 1. The molecule has 3 rings (SSSR count). The summed E-state index contributed by atoms with van der Waals surface area (Å²) in [7, 11) is 1.62. The summed E-state index contributed by atoms with van der Waals surface area (Å²) in [6.45, 7) is 5.15. The number of aliphatic carboxylic acids is 1. The van der Waals surface area contributed by atoms with Crippen molar-refractivity contribution in [3.05, 3.63) is 23.8 Å². The molecule has 1 aliphatic heterocycles. The first-order chi connectivity index (χ1) is 15.4. The number of methoxy groups -OCH3 is 1. The fourth-order valence-corrected chi connectivity index (χ4v) is 4.64. The highest BCUT2D eigenvalue weighted by Gasteiger charge is 2.24. The maximum absolute atomic E-state index is 12.3. The van der Waals surface area contributed by atoms with E-state index >= 15 is 0 Å². The molecule has 1 aromatic rings. The number of carboxylic acids is 1. The Labute approximate surface area is 191 Å². The van der Waals surface area contributed by atoms with Crippen LogP contribution in [0.3, 0.4) is 0 Å².